The van der Waals surface area contributed by atoms with Gasteiger partial charge in [-0.2, -0.15) is 4.31 Å². The average Bonchev–Trinajstić information content (AvgIpc) is 2.73. The number of carbonyl (C=O) groups is 2. The Bertz CT molecular complexity index is 980. The van der Waals surface area contributed by atoms with Gasteiger partial charge in [-0.1, -0.05) is 18.2 Å². The molecule has 1 fully saturated rings. The second-order valence-electron chi connectivity index (χ2n) is 6.20. The molecule has 0 radical (unpaired) electrons. The van der Waals surface area contributed by atoms with E-state index in [2.05, 4.69) is 0 Å². The number of carbonyl (C=O) groups excluding carboxylic acids is 2. The van der Waals surface area contributed by atoms with Gasteiger partial charge in [0.1, 0.15) is 5.75 Å². The van der Waals surface area contributed by atoms with Crippen LogP contribution >= 0.6 is 0 Å². The molecule has 0 N–H and O–H groups in total. The Morgan fingerprint density at radius 3 is 2.04 bits per heavy atom. The number of hydrogen-bond acceptors (Lipinski definition) is 6. The topological polar surface area (TPSA) is 107 Å². The molecule has 0 aliphatic carbocycles. The Morgan fingerprint density at radius 1 is 0.929 bits per heavy atom. The molecule has 0 atom stereocenters. The summed E-state index contributed by atoms with van der Waals surface area (Å²) in [5.74, 6) is -1.33. The van der Waals surface area contributed by atoms with E-state index >= 15 is 0 Å². The standard InChI is InChI=1S/C19H20N2O6S/c1-27-14-6-8-15(9-7-14)28(25,26)21-12-10-20(11-13-21)18(22)16-4-2-3-5-17(16)19(23)24/h2-9H,10-13H2,1H3,(H,23,24)/p-1. The Balaban J connectivity index is 1.72. The summed E-state index contributed by atoms with van der Waals surface area (Å²) >= 11 is 0. The van der Waals surface area contributed by atoms with Crippen LogP contribution in [0.1, 0.15) is 20.7 Å². The zero-order valence-corrected chi connectivity index (χ0v) is 16.0. The molecule has 0 saturated carbocycles. The number of carboxylic acid groups (broad SMARTS) is 1. The number of aromatic carboxylic acids is 1. The normalized spacial score (nSPS) is 15.2. The molecule has 0 spiro atoms. The van der Waals surface area contributed by atoms with Crippen LogP contribution in [0.15, 0.2) is 53.4 Å². The van der Waals surface area contributed by atoms with Gasteiger partial charge in [0, 0.05) is 37.3 Å². The number of ether oxygens (including phenoxy) is 1. The predicted octanol–water partition coefficient (Wildman–Crippen LogP) is 0.205. The first kappa shape index (κ1) is 19.8. The van der Waals surface area contributed by atoms with Gasteiger partial charge in [-0.25, -0.2) is 8.42 Å². The summed E-state index contributed by atoms with van der Waals surface area (Å²) in [4.78, 5) is 25.5. The highest BCUT2D eigenvalue weighted by molar-refractivity contribution is 7.89. The molecule has 1 aliphatic heterocycles. The lowest BCUT2D eigenvalue weighted by atomic mass is 10.1. The molecule has 1 aliphatic rings. The van der Waals surface area contributed by atoms with Crippen LogP contribution in [0.2, 0.25) is 0 Å². The van der Waals surface area contributed by atoms with Crippen molar-refractivity contribution in [1.82, 2.24) is 9.21 Å². The van der Waals surface area contributed by atoms with E-state index in [1.807, 2.05) is 0 Å². The second kappa shape index (κ2) is 7.99. The Labute approximate surface area is 163 Å². The molecule has 0 bridgehead atoms. The van der Waals surface area contributed by atoms with E-state index in [4.69, 9.17) is 4.74 Å². The quantitative estimate of drug-likeness (QED) is 0.706. The lowest BCUT2D eigenvalue weighted by molar-refractivity contribution is -0.255. The SMILES string of the molecule is COc1ccc(S(=O)(=O)N2CCN(C(=O)c3ccccc3C(=O)[O-])CC2)cc1. The van der Waals surface area contributed by atoms with Crippen LogP contribution in [-0.2, 0) is 10.0 Å². The van der Waals surface area contributed by atoms with E-state index in [9.17, 15) is 23.1 Å². The van der Waals surface area contributed by atoms with Gasteiger partial charge in [0.05, 0.1) is 18.0 Å². The fraction of sp³-hybridized carbons (Fsp3) is 0.263. The predicted molar refractivity (Wildman–Crippen MR) is 98.4 cm³/mol. The van der Waals surface area contributed by atoms with Crippen LogP contribution in [-0.4, -0.2) is 62.8 Å². The zero-order chi connectivity index (χ0) is 20.3. The van der Waals surface area contributed by atoms with Crippen LogP contribution < -0.4 is 9.84 Å². The number of hydrogen-bond donors (Lipinski definition) is 0. The maximum atomic E-state index is 12.8. The van der Waals surface area contributed by atoms with E-state index in [0.717, 1.165) is 0 Å². The number of piperazine rings is 1. The molecule has 1 heterocycles. The minimum absolute atomic E-state index is 0.0361. The third kappa shape index (κ3) is 3.85. The van der Waals surface area contributed by atoms with Crippen LogP contribution in [0, 0.1) is 0 Å². The minimum atomic E-state index is -3.69. The van der Waals surface area contributed by atoms with Crippen molar-refractivity contribution in [2.45, 2.75) is 4.90 Å². The Morgan fingerprint density at radius 2 is 1.50 bits per heavy atom. The van der Waals surface area contributed by atoms with Gasteiger partial charge in [-0.15, -0.1) is 0 Å². The van der Waals surface area contributed by atoms with Crippen molar-refractivity contribution in [2.24, 2.45) is 0 Å². The molecule has 148 valence electrons. The monoisotopic (exact) mass is 403 g/mol. The fourth-order valence-electron chi connectivity index (χ4n) is 3.05. The first-order valence-corrected chi connectivity index (χ1v) is 10.0. The summed E-state index contributed by atoms with van der Waals surface area (Å²) in [6.07, 6.45) is 0. The van der Waals surface area contributed by atoms with Crippen molar-refractivity contribution in [3.8, 4) is 5.75 Å². The molecule has 8 nitrogen and oxygen atoms in total. The highest BCUT2D eigenvalue weighted by Crippen LogP contribution is 2.21. The lowest BCUT2D eigenvalue weighted by Gasteiger charge is -2.34. The third-order valence-electron chi connectivity index (χ3n) is 4.60. The first-order chi connectivity index (χ1) is 13.3. The molecule has 1 saturated heterocycles. The Hall–Kier alpha value is -2.91. The van der Waals surface area contributed by atoms with Crippen molar-refractivity contribution >= 4 is 21.9 Å². The fourth-order valence-corrected chi connectivity index (χ4v) is 4.47. The smallest absolute Gasteiger partial charge is 0.254 e. The molecule has 2 aromatic rings. The van der Waals surface area contributed by atoms with Gasteiger partial charge in [-0.3, -0.25) is 4.79 Å². The lowest BCUT2D eigenvalue weighted by Crippen LogP contribution is -2.50. The van der Waals surface area contributed by atoms with Crippen LogP contribution in [0.3, 0.4) is 0 Å². The van der Waals surface area contributed by atoms with Crippen molar-refractivity contribution in [1.29, 1.82) is 0 Å². The summed E-state index contributed by atoms with van der Waals surface area (Å²) in [5.41, 5.74) is -0.144. The van der Waals surface area contributed by atoms with Crippen molar-refractivity contribution in [3.63, 3.8) is 0 Å². The number of amides is 1. The molecular weight excluding hydrogens is 384 g/mol. The van der Waals surface area contributed by atoms with Gasteiger partial charge in [-0.05, 0) is 30.3 Å². The molecule has 9 heteroatoms. The van der Waals surface area contributed by atoms with Gasteiger partial charge >= 0.3 is 0 Å². The summed E-state index contributed by atoms with van der Waals surface area (Å²) in [6, 6.07) is 11.9. The molecule has 3 rings (SSSR count). The summed E-state index contributed by atoms with van der Waals surface area (Å²) in [6.45, 7) is 0.562. The first-order valence-electron chi connectivity index (χ1n) is 8.58. The average molecular weight is 403 g/mol. The van der Waals surface area contributed by atoms with Crippen molar-refractivity contribution in [2.75, 3.05) is 33.3 Å². The van der Waals surface area contributed by atoms with E-state index < -0.39 is 21.9 Å². The highest BCUT2D eigenvalue weighted by atomic mass is 32.2. The number of benzene rings is 2. The molecule has 2 aromatic carbocycles. The van der Waals surface area contributed by atoms with Gasteiger partial charge in [0.15, 0.2) is 0 Å². The maximum absolute atomic E-state index is 12.8. The van der Waals surface area contributed by atoms with Gasteiger partial charge in [0.2, 0.25) is 10.0 Å². The molecule has 0 aromatic heterocycles. The number of methoxy groups -OCH3 is 1. The summed E-state index contributed by atoms with van der Waals surface area (Å²) in [7, 11) is -2.19. The van der Waals surface area contributed by atoms with E-state index in [0.29, 0.717) is 5.75 Å². The van der Waals surface area contributed by atoms with E-state index in [1.54, 1.807) is 18.2 Å². The van der Waals surface area contributed by atoms with Gasteiger partial charge in [0.25, 0.3) is 5.91 Å². The number of sulfonamides is 1. The molecule has 0 unspecified atom stereocenters. The third-order valence-corrected chi connectivity index (χ3v) is 6.51. The van der Waals surface area contributed by atoms with Gasteiger partial charge < -0.3 is 19.5 Å². The number of nitrogens with zero attached hydrogens (tertiary/aromatic N) is 2. The number of carboxylic acids is 1. The van der Waals surface area contributed by atoms with Crippen LogP contribution in [0.5, 0.6) is 5.75 Å². The maximum Gasteiger partial charge on any atom is 0.254 e. The minimum Gasteiger partial charge on any atom is -0.545 e. The summed E-state index contributed by atoms with van der Waals surface area (Å²) in [5, 5.41) is 11.2. The van der Waals surface area contributed by atoms with E-state index in [-0.39, 0.29) is 42.2 Å². The summed E-state index contributed by atoms with van der Waals surface area (Å²) < 4.78 is 31.9. The van der Waals surface area contributed by atoms with E-state index in [1.165, 1.54) is 46.6 Å². The molecular formula is C19H19N2O6S-. The number of rotatable bonds is 5. The molecule has 1 amide bonds. The van der Waals surface area contributed by atoms with Crippen LogP contribution in [0.4, 0.5) is 0 Å². The zero-order valence-electron chi connectivity index (χ0n) is 15.2. The largest absolute Gasteiger partial charge is 0.545 e. The second-order valence-corrected chi connectivity index (χ2v) is 8.14. The Kier molecular flexibility index (Phi) is 5.66. The van der Waals surface area contributed by atoms with Crippen molar-refractivity contribution in [3.05, 3.63) is 59.7 Å². The highest BCUT2D eigenvalue weighted by Gasteiger charge is 2.31. The molecule has 28 heavy (non-hydrogen) atoms. The van der Waals surface area contributed by atoms with Crippen LogP contribution in [0.25, 0.3) is 0 Å². The van der Waals surface area contributed by atoms with Crippen molar-refractivity contribution < 1.29 is 27.9 Å².